The molecule has 0 heterocycles. The molecule has 0 radical (unpaired) electrons. The fourth-order valence-electron chi connectivity index (χ4n) is 4.65. The predicted molar refractivity (Wildman–Crippen MR) is 97.8 cm³/mol. The molecule has 3 nitrogen and oxygen atoms in total. The topological polar surface area (TPSA) is 41.5 Å². The monoisotopic (exact) mass is 320 g/mol. The fraction of sp³-hybridized carbons (Fsp3) is 0.429. The summed E-state index contributed by atoms with van der Waals surface area (Å²) in [6.07, 6.45) is 5.73. The number of hydrogen-bond acceptors (Lipinski definition) is 2. The Balaban J connectivity index is 1.42. The second kappa shape index (κ2) is 6.39. The van der Waals surface area contributed by atoms with Crippen molar-refractivity contribution in [1.82, 2.24) is 5.43 Å². The first kappa shape index (κ1) is 15.4. The normalized spacial score (nSPS) is 26.0. The van der Waals surface area contributed by atoms with Gasteiger partial charge in [0.15, 0.2) is 0 Å². The van der Waals surface area contributed by atoms with Crippen molar-refractivity contribution < 1.29 is 4.79 Å². The maximum absolute atomic E-state index is 12.3. The van der Waals surface area contributed by atoms with Crippen molar-refractivity contribution in [2.75, 3.05) is 0 Å². The van der Waals surface area contributed by atoms with Gasteiger partial charge in [-0.3, -0.25) is 4.79 Å². The van der Waals surface area contributed by atoms with E-state index in [4.69, 9.17) is 0 Å². The Labute approximate surface area is 143 Å². The molecule has 2 aliphatic rings. The van der Waals surface area contributed by atoms with Crippen LogP contribution in [0.1, 0.15) is 38.2 Å². The number of hydrazone groups is 1. The van der Waals surface area contributed by atoms with Gasteiger partial charge in [0.2, 0.25) is 5.91 Å². The second-order valence-electron chi connectivity index (χ2n) is 7.38. The summed E-state index contributed by atoms with van der Waals surface area (Å²) in [5.41, 5.74) is 4.94. The van der Waals surface area contributed by atoms with Crippen LogP contribution in [0, 0.1) is 17.8 Å². The Morgan fingerprint density at radius 3 is 2.75 bits per heavy atom. The van der Waals surface area contributed by atoms with Crippen molar-refractivity contribution >= 4 is 22.4 Å². The van der Waals surface area contributed by atoms with E-state index in [0.29, 0.717) is 12.3 Å². The van der Waals surface area contributed by atoms with Crippen LogP contribution in [-0.2, 0) is 11.2 Å². The molecule has 2 aromatic rings. The highest BCUT2D eigenvalue weighted by Crippen LogP contribution is 2.48. The van der Waals surface area contributed by atoms with E-state index in [1.54, 1.807) is 0 Å². The molecule has 1 N–H and O–H groups in total. The zero-order valence-corrected chi connectivity index (χ0v) is 14.2. The van der Waals surface area contributed by atoms with Crippen molar-refractivity contribution in [3.05, 3.63) is 48.0 Å². The maximum atomic E-state index is 12.3. The summed E-state index contributed by atoms with van der Waals surface area (Å²) in [5.74, 6) is 2.25. The molecule has 2 bridgehead atoms. The molecule has 0 spiro atoms. The number of nitrogens with one attached hydrogen (secondary N) is 1. The average molecular weight is 320 g/mol. The van der Waals surface area contributed by atoms with Crippen molar-refractivity contribution in [2.45, 2.75) is 39.0 Å². The maximum Gasteiger partial charge on any atom is 0.244 e. The van der Waals surface area contributed by atoms with Crippen molar-refractivity contribution in [3.8, 4) is 0 Å². The lowest BCUT2D eigenvalue weighted by Gasteiger charge is -2.21. The third-order valence-electron chi connectivity index (χ3n) is 5.86. The van der Waals surface area contributed by atoms with Gasteiger partial charge < -0.3 is 0 Å². The second-order valence-corrected chi connectivity index (χ2v) is 7.38. The van der Waals surface area contributed by atoms with Crippen molar-refractivity contribution in [3.63, 3.8) is 0 Å². The van der Waals surface area contributed by atoms with Gasteiger partial charge in [0.1, 0.15) is 0 Å². The van der Waals surface area contributed by atoms with Crippen LogP contribution >= 0.6 is 0 Å². The third-order valence-corrected chi connectivity index (χ3v) is 5.86. The highest BCUT2D eigenvalue weighted by molar-refractivity contribution is 5.91. The zero-order chi connectivity index (χ0) is 16.5. The Hall–Kier alpha value is -2.16. The largest absolute Gasteiger partial charge is 0.273 e. The van der Waals surface area contributed by atoms with Crippen molar-refractivity contribution in [2.24, 2.45) is 22.9 Å². The first-order chi connectivity index (χ1) is 11.7. The molecular weight excluding hydrogens is 296 g/mol. The molecule has 2 fully saturated rings. The van der Waals surface area contributed by atoms with Gasteiger partial charge in [0.05, 0.1) is 6.42 Å². The first-order valence-corrected chi connectivity index (χ1v) is 9.00. The molecule has 4 rings (SSSR count). The van der Waals surface area contributed by atoms with Crippen LogP contribution in [0.15, 0.2) is 47.6 Å². The Kier molecular flexibility index (Phi) is 4.09. The lowest BCUT2D eigenvalue weighted by molar-refractivity contribution is -0.120. The summed E-state index contributed by atoms with van der Waals surface area (Å²) in [5, 5.41) is 6.73. The smallest absolute Gasteiger partial charge is 0.244 e. The van der Waals surface area contributed by atoms with Crippen molar-refractivity contribution in [1.29, 1.82) is 0 Å². The molecule has 124 valence electrons. The standard InChI is InChI=1S/C21H24N2O/c1-14(20-12-15-9-10-18(20)11-15)22-23-21(24)13-17-7-4-6-16-5-2-3-8-19(16)17/h2-8,15,18,20H,9-13H2,1H3,(H,23,24)/b22-14-/t15-,18+,20-/m0/s1. The van der Waals surface area contributed by atoms with E-state index >= 15 is 0 Å². The van der Waals surface area contributed by atoms with Gasteiger partial charge in [-0.2, -0.15) is 5.10 Å². The minimum Gasteiger partial charge on any atom is -0.273 e. The molecule has 2 aromatic carbocycles. The van der Waals surface area contributed by atoms with E-state index < -0.39 is 0 Å². The molecule has 1 amide bonds. The Bertz CT molecular complexity index is 790. The molecule has 3 atom stereocenters. The number of amides is 1. The zero-order valence-electron chi connectivity index (χ0n) is 14.2. The minimum absolute atomic E-state index is 0.0335. The van der Waals surface area contributed by atoms with E-state index in [9.17, 15) is 4.79 Å². The Morgan fingerprint density at radius 2 is 1.96 bits per heavy atom. The van der Waals surface area contributed by atoms with Crippen LogP contribution < -0.4 is 5.43 Å². The van der Waals surface area contributed by atoms with Gasteiger partial charge in [-0.05, 0) is 54.4 Å². The Morgan fingerprint density at radius 1 is 1.12 bits per heavy atom. The van der Waals surface area contributed by atoms with E-state index in [0.717, 1.165) is 28.5 Å². The number of carbonyl (C=O) groups is 1. The molecule has 2 aliphatic carbocycles. The predicted octanol–water partition coefficient (Wildman–Crippen LogP) is 4.31. The molecule has 24 heavy (non-hydrogen) atoms. The third kappa shape index (κ3) is 2.95. The highest BCUT2D eigenvalue weighted by Gasteiger charge is 2.40. The number of nitrogens with zero attached hydrogens (tertiary/aromatic N) is 1. The van der Waals surface area contributed by atoms with E-state index in [2.05, 4.69) is 35.7 Å². The minimum atomic E-state index is -0.0335. The molecule has 3 heteroatoms. The SMILES string of the molecule is C/C(=N/NC(=O)Cc1cccc2ccccc12)[C@@H]1C[C@H]2CC[C@@H]1C2. The van der Waals surface area contributed by atoms with Gasteiger partial charge in [-0.15, -0.1) is 0 Å². The molecule has 0 aromatic heterocycles. The summed E-state index contributed by atoms with van der Waals surface area (Å²) in [6, 6.07) is 14.3. The average Bonchev–Trinajstić information content (AvgIpc) is 3.23. The summed E-state index contributed by atoms with van der Waals surface area (Å²) in [7, 11) is 0. The summed E-state index contributed by atoms with van der Waals surface area (Å²) >= 11 is 0. The molecular formula is C21H24N2O. The number of rotatable bonds is 4. The summed E-state index contributed by atoms with van der Waals surface area (Å²) in [4.78, 5) is 12.3. The van der Waals surface area contributed by atoms with E-state index in [1.807, 2.05) is 24.3 Å². The fourth-order valence-corrected chi connectivity index (χ4v) is 4.65. The van der Waals surface area contributed by atoms with E-state index in [1.165, 1.54) is 31.1 Å². The van der Waals surface area contributed by atoms with Gasteiger partial charge in [0.25, 0.3) is 0 Å². The number of fused-ring (bicyclic) bond motifs is 3. The molecule has 2 saturated carbocycles. The van der Waals surface area contributed by atoms with Crippen LogP contribution in [0.2, 0.25) is 0 Å². The summed E-state index contributed by atoms with van der Waals surface area (Å²) < 4.78 is 0. The van der Waals surface area contributed by atoms with Crippen LogP contribution in [0.3, 0.4) is 0 Å². The number of carbonyl (C=O) groups excluding carboxylic acids is 1. The van der Waals surface area contributed by atoms with Crippen LogP contribution in [0.25, 0.3) is 10.8 Å². The molecule has 0 aliphatic heterocycles. The van der Waals surface area contributed by atoms with Gasteiger partial charge in [-0.1, -0.05) is 48.9 Å². The van der Waals surface area contributed by atoms with Gasteiger partial charge >= 0.3 is 0 Å². The lowest BCUT2D eigenvalue weighted by atomic mass is 9.86. The molecule has 0 unspecified atom stereocenters. The quantitative estimate of drug-likeness (QED) is 0.662. The highest BCUT2D eigenvalue weighted by atomic mass is 16.2. The lowest BCUT2D eigenvalue weighted by Crippen LogP contribution is -2.25. The summed E-state index contributed by atoms with van der Waals surface area (Å²) in [6.45, 7) is 2.07. The van der Waals surface area contributed by atoms with Gasteiger partial charge in [0, 0.05) is 11.6 Å². The van der Waals surface area contributed by atoms with Crippen LogP contribution in [0.5, 0.6) is 0 Å². The molecule has 0 saturated heterocycles. The van der Waals surface area contributed by atoms with Crippen LogP contribution in [0.4, 0.5) is 0 Å². The van der Waals surface area contributed by atoms with Gasteiger partial charge in [-0.25, -0.2) is 5.43 Å². The number of hydrogen-bond donors (Lipinski definition) is 1. The first-order valence-electron chi connectivity index (χ1n) is 9.00. The number of benzene rings is 2. The van der Waals surface area contributed by atoms with Crippen LogP contribution in [-0.4, -0.2) is 11.6 Å². The van der Waals surface area contributed by atoms with E-state index in [-0.39, 0.29) is 5.91 Å².